The van der Waals surface area contributed by atoms with Crippen molar-refractivity contribution in [3.8, 4) is 0 Å². The molecule has 4 atom stereocenters. The molecule has 0 amide bonds. The van der Waals surface area contributed by atoms with Crippen LogP contribution in [0.2, 0.25) is 0 Å². The molecule has 2 aliphatic heterocycles. The Kier molecular flexibility index (Phi) is 7.70. The first-order valence-corrected chi connectivity index (χ1v) is 12.8. The molecule has 0 spiro atoms. The molecule has 3 heteroatoms. The summed E-state index contributed by atoms with van der Waals surface area (Å²) in [5, 5.41) is 12.0. The van der Waals surface area contributed by atoms with Gasteiger partial charge in [-0.15, -0.1) is 23.5 Å². The smallest absolute Gasteiger partial charge is 0.145 e. The molecule has 0 saturated carbocycles. The Balaban J connectivity index is 1.10. The first kappa shape index (κ1) is 20.1. The van der Waals surface area contributed by atoms with Crippen molar-refractivity contribution in [1.82, 2.24) is 0 Å². The van der Waals surface area contributed by atoms with Crippen molar-refractivity contribution in [2.45, 2.75) is 123 Å². The summed E-state index contributed by atoms with van der Waals surface area (Å²) in [6.07, 6.45) is 25.4. The van der Waals surface area contributed by atoms with E-state index in [2.05, 4.69) is 30.8 Å². The summed E-state index contributed by atoms with van der Waals surface area (Å²) in [5.74, 6) is 0. The lowest BCUT2D eigenvalue weighted by atomic mass is 9.87. The molecule has 2 fully saturated rings. The summed E-state index contributed by atoms with van der Waals surface area (Å²) >= 11 is 3.90. The van der Waals surface area contributed by atoms with E-state index in [-0.39, 0.29) is 4.75 Å². The molecule has 0 aromatic carbocycles. The first-order chi connectivity index (χ1) is 12.2. The van der Waals surface area contributed by atoms with Gasteiger partial charge in [0.1, 0.15) is 4.93 Å². The van der Waals surface area contributed by atoms with E-state index in [1.165, 1.54) is 96.3 Å². The van der Waals surface area contributed by atoms with Crippen molar-refractivity contribution in [1.29, 1.82) is 0 Å². The Bertz CT molecular complexity index is 438. The zero-order valence-corrected chi connectivity index (χ0v) is 17.8. The second-order valence-electron chi connectivity index (χ2n) is 8.41. The maximum atomic E-state index is 10.6. The van der Waals surface area contributed by atoms with Gasteiger partial charge in [0.25, 0.3) is 0 Å². The van der Waals surface area contributed by atoms with E-state index >= 15 is 0 Å². The summed E-state index contributed by atoms with van der Waals surface area (Å²) in [4.78, 5) is -0.492. The van der Waals surface area contributed by atoms with Crippen LogP contribution in [0.4, 0.5) is 0 Å². The number of hydrogen-bond acceptors (Lipinski definition) is 3. The SMILES string of the molecule is CCCCCCCCCCCCCCCCC12SC1(O)C=CC1SC12. The van der Waals surface area contributed by atoms with Gasteiger partial charge in [0.15, 0.2) is 0 Å². The monoisotopic (exact) mass is 382 g/mol. The zero-order valence-electron chi connectivity index (χ0n) is 16.2. The van der Waals surface area contributed by atoms with Crippen LogP contribution in [0.1, 0.15) is 103 Å². The molecule has 2 saturated heterocycles. The fourth-order valence-corrected chi connectivity index (χ4v) is 7.70. The lowest BCUT2D eigenvalue weighted by Crippen LogP contribution is -2.33. The van der Waals surface area contributed by atoms with Gasteiger partial charge < -0.3 is 5.11 Å². The molecule has 1 aliphatic carbocycles. The third kappa shape index (κ3) is 5.23. The van der Waals surface area contributed by atoms with Gasteiger partial charge in [0.2, 0.25) is 0 Å². The molecule has 3 aliphatic rings. The van der Waals surface area contributed by atoms with Crippen LogP contribution in [0.5, 0.6) is 0 Å². The Hall–Kier alpha value is 0.400. The van der Waals surface area contributed by atoms with Crippen LogP contribution in [-0.4, -0.2) is 25.3 Å². The molecule has 0 bridgehead atoms. The van der Waals surface area contributed by atoms with E-state index < -0.39 is 4.93 Å². The molecule has 25 heavy (non-hydrogen) atoms. The van der Waals surface area contributed by atoms with E-state index in [1.807, 2.05) is 11.8 Å². The van der Waals surface area contributed by atoms with E-state index in [4.69, 9.17) is 0 Å². The summed E-state index contributed by atoms with van der Waals surface area (Å²) in [5.41, 5.74) is 0. The summed E-state index contributed by atoms with van der Waals surface area (Å²) < 4.78 is 0.203. The summed E-state index contributed by atoms with van der Waals surface area (Å²) in [6.45, 7) is 2.29. The predicted octanol–water partition coefficient (Wildman–Crippen LogP) is 7.09. The van der Waals surface area contributed by atoms with Crippen molar-refractivity contribution < 1.29 is 5.11 Å². The topological polar surface area (TPSA) is 20.2 Å². The average Bonchev–Trinajstić information content (AvgIpc) is 3.49. The third-order valence-electron chi connectivity index (χ3n) is 6.30. The zero-order chi connectivity index (χ0) is 17.6. The van der Waals surface area contributed by atoms with E-state index in [0.29, 0.717) is 0 Å². The lowest BCUT2D eigenvalue weighted by Gasteiger charge is -2.18. The molecule has 0 aromatic rings. The van der Waals surface area contributed by atoms with E-state index in [1.54, 1.807) is 0 Å². The van der Waals surface area contributed by atoms with Crippen LogP contribution in [0.25, 0.3) is 0 Å². The molecule has 1 nitrogen and oxygen atoms in total. The van der Waals surface area contributed by atoms with Crippen molar-refractivity contribution in [2.24, 2.45) is 0 Å². The van der Waals surface area contributed by atoms with Crippen molar-refractivity contribution >= 4 is 23.5 Å². The quantitative estimate of drug-likeness (QED) is 0.185. The Morgan fingerprint density at radius 1 is 0.800 bits per heavy atom. The lowest BCUT2D eigenvalue weighted by molar-refractivity contribution is 0.176. The van der Waals surface area contributed by atoms with Crippen LogP contribution in [-0.2, 0) is 0 Å². The van der Waals surface area contributed by atoms with Gasteiger partial charge >= 0.3 is 0 Å². The van der Waals surface area contributed by atoms with Gasteiger partial charge in [-0.2, -0.15) is 0 Å². The first-order valence-electron chi connectivity index (χ1n) is 11.0. The van der Waals surface area contributed by atoms with Gasteiger partial charge in [-0.3, -0.25) is 0 Å². The van der Waals surface area contributed by atoms with Gasteiger partial charge in [0, 0.05) is 10.5 Å². The predicted molar refractivity (Wildman–Crippen MR) is 115 cm³/mol. The summed E-state index contributed by atoms with van der Waals surface area (Å²) in [6, 6.07) is 0. The Labute approximate surface area is 164 Å². The highest BCUT2D eigenvalue weighted by molar-refractivity contribution is 8.14. The highest BCUT2D eigenvalue weighted by atomic mass is 32.2. The molecule has 2 heterocycles. The maximum Gasteiger partial charge on any atom is 0.145 e. The minimum atomic E-state index is -0.492. The molecule has 3 rings (SSSR count). The third-order valence-corrected chi connectivity index (χ3v) is 9.61. The highest BCUT2D eigenvalue weighted by Gasteiger charge is 2.77. The molecular weight excluding hydrogens is 344 g/mol. The second-order valence-corrected chi connectivity index (χ2v) is 11.3. The van der Waals surface area contributed by atoms with Crippen LogP contribution in [0.3, 0.4) is 0 Å². The van der Waals surface area contributed by atoms with Gasteiger partial charge in [-0.05, 0) is 12.5 Å². The largest absolute Gasteiger partial charge is 0.374 e. The van der Waals surface area contributed by atoms with Gasteiger partial charge in [-0.1, -0.05) is 103 Å². The molecule has 0 radical (unpaired) electrons. The van der Waals surface area contributed by atoms with Crippen LogP contribution in [0, 0.1) is 0 Å². The standard InChI is InChI=1S/C22H38OS2/c1-2-3-4-5-6-7-8-9-10-11-12-13-14-15-17-21-20-19(24-20)16-18-22(21,23)25-21/h16,18-20,23H,2-15,17H2,1H3. The van der Waals surface area contributed by atoms with Crippen LogP contribution >= 0.6 is 23.5 Å². The molecule has 1 N–H and O–H groups in total. The van der Waals surface area contributed by atoms with Crippen LogP contribution in [0.15, 0.2) is 12.2 Å². The fourth-order valence-electron chi connectivity index (χ4n) is 4.51. The van der Waals surface area contributed by atoms with Crippen molar-refractivity contribution in [3.63, 3.8) is 0 Å². The van der Waals surface area contributed by atoms with Crippen molar-refractivity contribution in [3.05, 3.63) is 12.2 Å². The van der Waals surface area contributed by atoms with E-state index in [9.17, 15) is 5.11 Å². The average molecular weight is 383 g/mol. The Morgan fingerprint density at radius 2 is 1.32 bits per heavy atom. The second kappa shape index (κ2) is 9.55. The molecule has 4 unspecified atom stereocenters. The number of thioether (sulfide) groups is 2. The number of aliphatic hydroxyl groups is 1. The molecule has 144 valence electrons. The summed E-state index contributed by atoms with van der Waals surface area (Å²) in [7, 11) is 0. The normalized spacial score (nSPS) is 34.6. The maximum absolute atomic E-state index is 10.6. The number of fused-ring (bicyclic) bond motifs is 3. The van der Waals surface area contributed by atoms with E-state index in [0.717, 1.165) is 10.5 Å². The minimum absolute atomic E-state index is 0.203. The number of hydrogen-bond donors (Lipinski definition) is 1. The number of unbranched alkanes of at least 4 members (excludes halogenated alkanes) is 13. The fraction of sp³-hybridized carbons (Fsp3) is 0.909. The van der Waals surface area contributed by atoms with Crippen molar-refractivity contribution in [2.75, 3.05) is 0 Å². The highest BCUT2D eigenvalue weighted by Crippen LogP contribution is 2.77. The number of rotatable bonds is 15. The molecular formula is C22H38OS2. The minimum Gasteiger partial charge on any atom is -0.374 e. The molecule has 0 aromatic heterocycles. The van der Waals surface area contributed by atoms with Crippen LogP contribution < -0.4 is 0 Å². The van der Waals surface area contributed by atoms with Gasteiger partial charge in [-0.25, -0.2) is 0 Å². The van der Waals surface area contributed by atoms with Gasteiger partial charge in [0.05, 0.1) is 4.75 Å². The Morgan fingerprint density at radius 3 is 1.88 bits per heavy atom.